The molecule has 0 aliphatic rings. The van der Waals surface area contributed by atoms with E-state index in [1.165, 1.54) is 19.1 Å². The largest absolute Gasteiger partial charge is 0.449 e. The number of amides is 1. The summed E-state index contributed by atoms with van der Waals surface area (Å²) in [6.07, 6.45) is -1.18. The zero-order valence-corrected chi connectivity index (χ0v) is 14.4. The van der Waals surface area contributed by atoms with Crippen LogP contribution in [0.3, 0.4) is 0 Å². The van der Waals surface area contributed by atoms with Gasteiger partial charge in [-0.25, -0.2) is 4.79 Å². The Morgan fingerprint density at radius 3 is 2.48 bits per heavy atom. The number of nitriles is 1. The van der Waals surface area contributed by atoms with Crippen molar-refractivity contribution in [2.45, 2.75) is 39.3 Å². The Bertz CT molecular complexity index is 741. The van der Waals surface area contributed by atoms with Crippen molar-refractivity contribution < 1.29 is 19.2 Å². The quantitative estimate of drug-likeness (QED) is 0.344. The minimum Gasteiger partial charge on any atom is -0.449 e. The van der Waals surface area contributed by atoms with E-state index in [4.69, 9.17) is 10.5 Å². The number of benzene rings is 1. The predicted molar refractivity (Wildman–Crippen MR) is 89.4 cm³/mol. The van der Waals surface area contributed by atoms with Gasteiger partial charge in [-0.1, -0.05) is 13.8 Å². The van der Waals surface area contributed by atoms with Gasteiger partial charge in [-0.3, -0.25) is 14.9 Å². The molecule has 1 aromatic rings. The highest BCUT2D eigenvalue weighted by molar-refractivity contribution is 5.93. The topological polar surface area (TPSA) is 148 Å². The van der Waals surface area contributed by atoms with E-state index in [9.17, 15) is 25.0 Å². The van der Waals surface area contributed by atoms with E-state index in [0.29, 0.717) is 0 Å². The SMILES string of the molecule is CC(OC(=O)c1ccc(N)c([N+](=O)[O-])c1)C(=O)NC(C)(C#N)C(C)C. The molecule has 0 spiro atoms. The van der Waals surface area contributed by atoms with Crippen LogP contribution in [0, 0.1) is 27.4 Å². The second-order valence-corrected chi connectivity index (χ2v) is 6.04. The van der Waals surface area contributed by atoms with Crippen LogP contribution in [0.4, 0.5) is 11.4 Å². The van der Waals surface area contributed by atoms with Crippen LogP contribution in [-0.2, 0) is 9.53 Å². The molecule has 0 aromatic heterocycles. The maximum absolute atomic E-state index is 12.2. The molecule has 0 bridgehead atoms. The van der Waals surface area contributed by atoms with E-state index in [2.05, 4.69) is 5.32 Å². The Morgan fingerprint density at radius 1 is 1.40 bits per heavy atom. The molecule has 2 unspecified atom stereocenters. The summed E-state index contributed by atoms with van der Waals surface area (Å²) in [4.78, 5) is 34.4. The highest BCUT2D eigenvalue weighted by atomic mass is 16.6. The van der Waals surface area contributed by atoms with Crippen molar-refractivity contribution in [2.75, 3.05) is 5.73 Å². The van der Waals surface area contributed by atoms with E-state index in [0.717, 1.165) is 6.07 Å². The Labute approximate surface area is 144 Å². The Kier molecular flexibility index (Phi) is 6.06. The molecular weight excluding hydrogens is 328 g/mol. The van der Waals surface area contributed by atoms with Gasteiger partial charge in [0.05, 0.1) is 16.6 Å². The second-order valence-electron chi connectivity index (χ2n) is 6.04. The van der Waals surface area contributed by atoms with Crippen LogP contribution >= 0.6 is 0 Å². The van der Waals surface area contributed by atoms with Crippen LogP contribution < -0.4 is 11.1 Å². The zero-order chi connectivity index (χ0) is 19.4. The van der Waals surface area contributed by atoms with Gasteiger partial charge in [0, 0.05) is 6.07 Å². The fourth-order valence-corrected chi connectivity index (χ4v) is 1.77. The van der Waals surface area contributed by atoms with Gasteiger partial charge in [0.1, 0.15) is 11.2 Å². The molecule has 134 valence electrons. The highest BCUT2D eigenvalue weighted by Crippen LogP contribution is 2.23. The van der Waals surface area contributed by atoms with E-state index >= 15 is 0 Å². The lowest BCUT2D eigenvalue weighted by Gasteiger charge is -2.28. The number of esters is 1. The average Bonchev–Trinajstić information content (AvgIpc) is 2.54. The van der Waals surface area contributed by atoms with Crippen LogP contribution in [0.1, 0.15) is 38.1 Å². The molecule has 1 aromatic carbocycles. The predicted octanol–water partition coefficient (Wildman–Crippen LogP) is 1.78. The van der Waals surface area contributed by atoms with Gasteiger partial charge in [0.2, 0.25) is 0 Å². The summed E-state index contributed by atoms with van der Waals surface area (Å²) < 4.78 is 5.02. The summed E-state index contributed by atoms with van der Waals surface area (Å²) in [5, 5.41) is 22.6. The third-order valence-corrected chi connectivity index (χ3v) is 3.89. The lowest BCUT2D eigenvalue weighted by atomic mass is 9.90. The molecule has 0 saturated heterocycles. The van der Waals surface area contributed by atoms with Gasteiger partial charge in [-0.15, -0.1) is 0 Å². The number of nitro groups is 1. The van der Waals surface area contributed by atoms with Crippen molar-refractivity contribution in [3.05, 3.63) is 33.9 Å². The number of hydrogen-bond acceptors (Lipinski definition) is 7. The number of anilines is 1. The normalized spacial score (nSPS) is 14.1. The highest BCUT2D eigenvalue weighted by Gasteiger charge is 2.32. The Morgan fingerprint density at radius 2 is 2.00 bits per heavy atom. The summed E-state index contributed by atoms with van der Waals surface area (Å²) in [5.41, 5.74) is 3.73. The fraction of sp³-hybridized carbons (Fsp3) is 0.438. The molecule has 25 heavy (non-hydrogen) atoms. The first-order valence-corrected chi connectivity index (χ1v) is 7.50. The molecule has 9 nitrogen and oxygen atoms in total. The summed E-state index contributed by atoms with van der Waals surface area (Å²) in [5.74, 6) is -1.71. The standard InChI is InChI=1S/C16H20N4O5/c1-9(2)16(4,8-17)19-14(21)10(3)25-15(22)11-5-6-12(18)13(7-11)20(23)24/h5-7,9-10H,18H2,1-4H3,(H,19,21). The molecule has 1 amide bonds. The lowest BCUT2D eigenvalue weighted by Crippen LogP contribution is -2.52. The van der Waals surface area contributed by atoms with Crippen LogP contribution in [-0.4, -0.2) is 28.4 Å². The van der Waals surface area contributed by atoms with Crippen molar-refractivity contribution in [2.24, 2.45) is 5.92 Å². The molecule has 0 saturated carbocycles. The van der Waals surface area contributed by atoms with Gasteiger partial charge < -0.3 is 15.8 Å². The van der Waals surface area contributed by atoms with E-state index in [-0.39, 0.29) is 17.2 Å². The molecule has 2 atom stereocenters. The molecule has 1 rings (SSSR count). The molecule has 0 aliphatic carbocycles. The van der Waals surface area contributed by atoms with Crippen molar-refractivity contribution in [3.63, 3.8) is 0 Å². The van der Waals surface area contributed by atoms with Crippen LogP contribution in [0.25, 0.3) is 0 Å². The summed E-state index contributed by atoms with van der Waals surface area (Å²) in [6.45, 7) is 6.45. The number of ether oxygens (including phenoxy) is 1. The van der Waals surface area contributed by atoms with Crippen LogP contribution in [0.15, 0.2) is 18.2 Å². The number of nitrogens with two attached hydrogens (primary N) is 1. The first-order valence-electron chi connectivity index (χ1n) is 7.50. The van der Waals surface area contributed by atoms with Crippen LogP contribution in [0.2, 0.25) is 0 Å². The molecule has 0 heterocycles. The Hall–Kier alpha value is -3.15. The van der Waals surface area contributed by atoms with Crippen molar-refractivity contribution in [1.29, 1.82) is 5.26 Å². The first kappa shape index (κ1) is 19.9. The zero-order valence-electron chi connectivity index (χ0n) is 14.4. The first-order chi connectivity index (χ1) is 11.5. The third-order valence-electron chi connectivity index (χ3n) is 3.89. The van der Waals surface area contributed by atoms with Crippen molar-refractivity contribution in [3.8, 4) is 6.07 Å². The monoisotopic (exact) mass is 348 g/mol. The minimum atomic E-state index is -1.18. The molecule has 9 heteroatoms. The average molecular weight is 348 g/mol. The lowest BCUT2D eigenvalue weighted by molar-refractivity contribution is -0.383. The van der Waals surface area contributed by atoms with E-state index in [1.54, 1.807) is 20.8 Å². The number of hydrogen-bond donors (Lipinski definition) is 2. The van der Waals surface area contributed by atoms with Gasteiger partial charge >= 0.3 is 5.97 Å². The van der Waals surface area contributed by atoms with E-state index < -0.39 is 34.1 Å². The van der Waals surface area contributed by atoms with E-state index in [1.807, 2.05) is 6.07 Å². The fourth-order valence-electron chi connectivity index (χ4n) is 1.77. The number of carbonyl (C=O) groups excluding carboxylic acids is 2. The maximum atomic E-state index is 12.2. The number of nitrogen functional groups attached to an aromatic ring is 1. The van der Waals surface area contributed by atoms with Gasteiger partial charge in [0.15, 0.2) is 6.10 Å². The second kappa shape index (κ2) is 7.61. The third kappa shape index (κ3) is 4.67. The molecular formula is C16H20N4O5. The number of rotatable bonds is 6. The Balaban J connectivity index is 2.87. The van der Waals surface area contributed by atoms with Crippen molar-refractivity contribution >= 4 is 23.3 Å². The molecule has 0 aliphatic heterocycles. The molecule has 0 radical (unpaired) electrons. The maximum Gasteiger partial charge on any atom is 0.339 e. The van der Waals surface area contributed by atoms with Gasteiger partial charge in [-0.05, 0) is 31.9 Å². The van der Waals surface area contributed by atoms with Crippen LogP contribution in [0.5, 0.6) is 0 Å². The van der Waals surface area contributed by atoms with Gasteiger partial charge in [0.25, 0.3) is 11.6 Å². The number of carbonyl (C=O) groups is 2. The number of nitrogens with one attached hydrogen (secondary N) is 1. The molecule has 3 N–H and O–H groups in total. The smallest absolute Gasteiger partial charge is 0.339 e. The number of nitro benzene ring substituents is 1. The molecule has 0 fully saturated rings. The van der Waals surface area contributed by atoms with Crippen molar-refractivity contribution in [1.82, 2.24) is 5.32 Å². The summed E-state index contributed by atoms with van der Waals surface area (Å²) in [7, 11) is 0. The summed E-state index contributed by atoms with van der Waals surface area (Å²) >= 11 is 0. The minimum absolute atomic E-state index is 0.0888. The summed E-state index contributed by atoms with van der Waals surface area (Å²) in [6, 6.07) is 5.48. The van der Waals surface area contributed by atoms with Gasteiger partial charge in [-0.2, -0.15) is 5.26 Å². The number of nitrogens with zero attached hydrogens (tertiary/aromatic N) is 2.